The molecule has 0 aliphatic rings. The molecule has 0 bridgehead atoms. The highest BCUT2D eigenvalue weighted by Crippen LogP contribution is 2.19. The average Bonchev–Trinajstić information content (AvgIpc) is 2.68. The highest BCUT2D eigenvalue weighted by Gasteiger charge is 2.21. The van der Waals surface area contributed by atoms with Crippen molar-refractivity contribution in [2.24, 2.45) is 0 Å². The summed E-state index contributed by atoms with van der Waals surface area (Å²) in [6.45, 7) is 9.04. The van der Waals surface area contributed by atoms with Crippen molar-refractivity contribution < 1.29 is 14.3 Å². The number of aryl methyl sites for hydroxylation is 1. The van der Waals surface area contributed by atoms with Crippen LogP contribution in [0.3, 0.4) is 0 Å². The third-order valence-electron chi connectivity index (χ3n) is 5.09. The third-order valence-corrected chi connectivity index (χ3v) is 5.38. The summed E-state index contributed by atoms with van der Waals surface area (Å²) < 4.78 is 6.98. The van der Waals surface area contributed by atoms with Crippen LogP contribution in [0.2, 0.25) is 0 Å². The molecule has 3 aromatic rings. The predicted molar refractivity (Wildman–Crippen MR) is 127 cm³/mol. The first-order chi connectivity index (χ1) is 14.9. The first-order valence-corrected chi connectivity index (χ1v) is 10.6. The first kappa shape index (κ1) is 23.4. The lowest BCUT2D eigenvalue weighted by atomic mass is 10.1. The van der Waals surface area contributed by atoms with Gasteiger partial charge in [-0.2, -0.15) is 0 Å². The molecule has 0 saturated carbocycles. The summed E-state index contributed by atoms with van der Waals surface area (Å²) in [5, 5.41) is 0.408. The second-order valence-electron chi connectivity index (χ2n) is 8.80. The van der Waals surface area contributed by atoms with Gasteiger partial charge in [-0.1, -0.05) is 12.1 Å². The fourth-order valence-electron chi connectivity index (χ4n) is 3.41. The summed E-state index contributed by atoms with van der Waals surface area (Å²) in [6.07, 6.45) is 0. The molecule has 168 valence electrons. The molecule has 7 nitrogen and oxygen atoms in total. The first-order valence-electron chi connectivity index (χ1n) is 10.2. The zero-order chi connectivity index (χ0) is 23.8. The van der Waals surface area contributed by atoms with E-state index >= 15 is 0 Å². The third kappa shape index (κ3) is 4.80. The van der Waals surface area contributed by atoms with Crippen LogP contribution in [-0.4, -0.2) is 45.5 Å². The molecule has 3 rings (SSSR count). The molecule has 1 heterocycles. The number of hydrogen-bond donors (Lipinski definition) is 1. The normalized spacial score (nSPS) is 11.4. The minimum atomic E-state index is -0.631. The molecular formula is C24H27N3O4S. The summed E-state index contributed by atoms with van der Waals surface area (Å²) >= 11 is 5.47. The molecule has 0 atom stereocenters. The number of likely N-dealkylation sites (N-methyl/N-ethyl adjacent to an activating group) is 1. The number of aromatic nitrogens is 2. The topological polar surface area (TPSA) is 84.4 Å². The molecular weight excluding hydrogens is 426 g/mol. The summed E-state index contributed by atoms with van der Waals surface area (Å²) in [5.41, 5.74) is 2.63. The number of carbonyl (C=O) groups is 2. The lowest BCUT2D eigenvalue weighted by molar-refractivity contribution is -0.155. The van der Waals surface area contributed by atoms with Gasteiger partial charge in [0, 0.05) is 12.6 Å². The van der Waals surface area contributed by atoms with E-state index in [1.807, 2.05) is 32.0 Å². The van der Waals surface area contributed by atoms with Gasteiger partial charge in [-0.05, 0) is 82.2 Å². The number of rotatable bonds is 4. The molecule has 1 N–H and O–H groups in total. The van der Waals surface area contributed by atoms with Crippen LogP contribution in [0.1, 0.15) is 42.3 Å². The molecule has 2 aromatic carbocycles. The lowest BCUT2D eigenvalue weighted by Gasteiger charge is -2.22. The number of carbonyl (C=O) groups excluding carboxylic acids is 2. The van der Waals surface area contributed by atoms with Crippen LogP contribution in [0.4, 0.5) is 0 Å². The summed E-state index contributed by atoms with van der Waals surface area (Å²) in [7, 11) is 1.52. The van der Waals surface area contributed by atoms with Crippen molar-refractivity contribution in [3.8, 4) is 5.69 Å². The van der Waals surface area contributed by atoms with E-state index in [0.717, 1.165) is 16.8 Å². The highest BCUT2D eigenvalue weighted by atomic mass is 32.1. The van der Waals surface area contributed by atoms with E-state index in [2.05, 4.69) is 4.98 Å². The van der Waals surface area contributed by atoms with Gasteiger partial charge in [0.15, 0.2) is 4.77 Å². The van der Waals surface area contributed by atoms with Crippen molar-refractivity contribution >= 4 is 35.0 Å². The Labute approximate surface area is 191 Å². The van der Waals surface area contributed by atoms with E-state index in [1.165, 1.54) is 16.5 Å². The van der Waals surface area contributed by atoms with Gasteiger partial charge in [0.1, 0.15) is 12.1 Å². The van der Waals surface area contributed by atoms with Gasteiger partial charge in [0.2, 0.25) is 0 Å². The molecule has 0 aliphatic carbocycles. The quantitative estimate of drug-likeness (QED) is 0.475. The van der Waals surface area contributed by atoms with Gasteiger partial charge in [0.05, 0.1) is 16.6 Å². The van der Waals surface area contributed by atoms with Crippen LogP contribution < -0.4 is 5.56 Å². The molecule has 0 radical (unpaired) electrons. The monoisotopic (exact) mass is 453 g/mol. The molecule has 0 saturated heterocycles. The van der Waals surface area contributed by atoms with E-state index in [0.29, 0.717) is 16.5 Å². The Morgan fingerprint density at radius 3 is 2.50 bits per heavy atom. The van der Waals surface area contributed by atoms with Crippen molar-refractivity contribution in [1.82, 2.24) is 14.5 Å². The number of nitrogens with zero attached hydrogens (tertiary/aromatic N) is 2. The van der Waals surface area contributed by atoms with Crippen LogP contribution in [0, 0.1) is 18.6 Å². The minimum absolute atomic E-state index is 0.182. The van der Waals surface area contributed by atoms with Crippen molar-refractivity contribution in [3.63, 3.8) is 0 Å². The van der Waals surface area contributed by atoms with Gasteiger partial charge < -0.3 is 14.6 Å². The zero-order valence-electron chi connectivity index (χ0n) is 19.1. The average molecular weight is 454 g/mol. The number of nitrogens with one attached hydrogen (secondary N) is 1. The van der Waals surface area contributed by atoms with Crippen molar-refractivity contribution in [2.75, 3.05) is 13.6 Å². The van der Waals surface area contributed by atoms with Gasteiger partial charge in [0.25, 0.3) is 11.5 Å². The lowest BCUT2D eigenvalue weighted by Crippen LogP contribution is -2.36. The van der Waals surface area contributed by atoms with Gasteiger partial charge in [-0.15, -0.1) is 0 Å². The predicted octanol–water partition coefficient (Wildman–Crippen LogP) is 4.08. The zero-order valence-corrected chi connectivity index (χ0v) is 19.9. The summed E-state index contributed by atoms with van der Waals surface area (Å²) in [6, 6.07) is 10.5. The maximum absolute atomic E-state index is 13.2. The van der Waals surface area contributed by atoms with Crippen molar-refractivity contribution in [3.05, 3.63) is 68.2 Å². The van der Waals surface area contributed by atoms with E-state index < -0.39 is 11.6 Å². The van der Waals surface area contributed by atoms with Crippen LogP contribution in [-0.2, 0) is 9.53 Å². The van der Waals surface area contributed by atoms with Gasteiger partial charge >= 0.3 is 5.97 Å². The Hall–Kier alpha value is -3.26. The molecule has 0 fully saturated rings. The number of amides is 1. The molecule has 8 heteroatoms. The van der Waals surface area contributed by atoms with Gasteiger partial charge in [-0.3, -0.25) is 19.0 Å². The van der Waals surface area contributed by atoms with E-state index in [4.69, 9.17) is 17.0 Å². The second kappa shape index (κ2) is 8.70. The van der Waals surface area contributed by atoms with E-state index in [1.54, 1.807) is 39.0 Å². The van der Waals surface area contributed by atoms with Crippen LogP contribution in [0.15, 0.2) is 41.2 Å². The SMILES string of the molecule is Cc1cccc(-n2c(=S)[nH]c3cc(C(=O)N(C)CC(=O)OC(C)(C)C)ccc3c2=O)c1C. The smallest absolute Gasteiger partial charge is 0.326 e. The molecule has 0 unspecified atom stereocenters. The highest BCUT2D eigenvalue weighted by molar-refractivity contribution is 7.71. The number of aromatic amines is 1. The largest absolute Gasteiger partial charge is 0.459 e. The number of hydrogen-bond acceptors (Lipinski definition) is 5. The Bertz CT molecular complexity index is 1330. The minimum Gasteiger partial charge on any atom is -0.459 e. The van der Waals surface area contributed by atoms with Crippen LogP contribution in [0.5, 0.6) is 0 Å². The second-order valence-corrected chi connectivity index (χ2v) is 9.18. The maximum Gasteiger partial charge on any atom is 0.326 e. The molecule has 1 aromatic heterocycles. The number of H-pyrrole nitrogens is 1. The standard InChI is InChI=1S/C24H27N3O4S/c1-14-8-7-9-19(15(14)2)27-22(30)17-11-10-16(12-18(17)25-23(27)32)21(29)26(6)13-20(28)31-24(3,4)5/h7-12H,13H2,1-6H3,(H,25,32). The van der Waals surface area contributed by atoms with E-state index in [9.17, 15) is 14.4 Å². The fourth-order valence-corrected chi connectivity index (χ4v) is 3.70. The molecule has 0 spiro atoms. The van der Waals surface area contributed by atoms with Crippen LogP contribution >= 0.6 is 12.2 Å². The van der Waals surface area contributed by atoms with Crippen molar-refractivity contribution in [2.45, 2.75) is 40.2 Å². The van der Waals surface area contributed by atoms with Gasteiger partial charge in [-0.25, -0.2) is 0 Å². The van der Waals surface area contributed by atoms with Crippen molar-refractivity contribution in [1.29, 1.82) is 0 Å². The molecule has 32 heavy (non-hydrogen) atoms. The number of esters is 1. The molecule has 1 amide bonds. The maximum atomic E-state index is 13.2. The number of fused-ring (bicyclic) bond motifs is 1. The summed E-state index contributed by atoms with van der Waals surface area (Å²) in [4.78, 5) is 42.4. The fraction of sp³-hybridized carbons (Fsp3) is 0.333. The molecule has 0 aliphatic heterocycles. The Balaban J connectivity index is 1.97. The van der Waals surface area contributed by atoms with E-state index in [-0.39, 0.29) is 22.8 Å². The Morgan fingerprint density at radius 1 is 1.16 bits per heavy atom. The Morgan fingerprint density at radius 2 is 1.84 bits per heavy atom. The van der Waals surface area contributed by atoms with Crippen LogP contribution in [0.25, 0.3) is 16.6 Å². The Kier molecular flexibility index (Phi) is 6.37. The summed E-state index contributed by atoms with van der Waals surface area (Å²) in [5.74, 6) is -0.860. The number of benzene rings is 2. The number of ether oxygens (including phenoxy) is 1.